The summed E-state index contributed by atoms with van der Waals surface area (Å²) in [4.78, 5) is 71.5. The lowest BCUT2D eigenvalue weighted by Gasteiger charge is -2.57. The summed E-state index contributed by atoms with van der Waals surface area (Å²) in [6, 6.07) is 0. The summed E-state index contributed by atoms with van der Waals surface area (Å²) in [6.07, 6.45) is 6.77. The van der Waals surface area contributed by atoms with Crippen molar-refractivity contribution in [2.75, 3.05) is 20.0 Å². The largest absolute Gasteiger partial charge is 0.511 e. The fourth-order valence-corrected chi connectivity index (χ4v) is 8.47. The Morgan fingerprint density at radius 3 is 2.17 bits per heavy atom. The van der Waals surface area contributed by atoms with Gasteiger partial charge in [0, 0.05) is 38.5 Å². The van der Waals surface area contributed by atoms with Gasteiger partial charge in [0.1, 0.15) is 19.3 Å². The molecule has 12 nitrogen and oxygen atoms in total. The highest BCUT2D eigenvalue weighted by atomic mass is 16.8. The van der Waals surface area contributed by atoms with Gasteiger partial charge in [0.15, 0.2) is 11.9 Å². The summed E-state index contributed by atoms with van der Waals surface area (Å²) in [6.45, 7) is 7.45. The van der Waals surface area contributed by atoms with E-state index in [9.17, 15) is 28.8 Å². The molecule has 7 atom stereocenters. The fraction of sp³-hybridized carbons (Fsp3) is 0.765. The van der Waals surface area contributed by atoms with Crippen LogP contribution in [-0.2, 0) is 52.4 Å². The highest BCUT2D eigenvalue weighted by Crippen LogP contribution is 2.65. The van der Waals surface area contributed by atoms with Gasteiger partial charge in [-0.2, -0.15) is 0 Å². The molecule has 0 aromatic rings. The second-order valence-corrected chi connectivity index (χ2v) is 14.0. The second kappa shape index (κ2) is 15.0. The number of fused-ring (bicyclic) bond motifs is 5. The highest BCUT2D eigenvalue weighted by Gasteiger charge is 2.60. The third-order valence-corrected chi connectivity index (χ3v) is 10.8. The molecule has 0 bridgehead atoms. The number of ether oxygens (including phenoxy) is 6. The molecule has 4 rings (SSSR count). The minimum absolute atomic E-state index is 0.0800. The highest BCUT2D eigenvalue weighted by molar-refractivity contribution is 5.91. The Morgan fingerprint density at radius 1 is 0.826 bits per heavy atom. The number of hydrogen-bond donors (Lipinski definition) is 0. The number of allylic oxidation sites excluding steroid dienone is 1. The first-order chi connectivity index (χ1) is 21.7. The Bertz CT molecular complexity index is 1210. The number of ketones is 1. The average molecular weight is 649 g/mol. The maximum atomic E-state index is 12.6. The molecule has 0 N–H and O–H groups in total. The van der Waals surface area contributed by atoms with Crippen molar-refractivity contribution >= 4 is 35.8 Å². The zero-order valence-electron chi connectivity index (χ0n) is 27.6. The summed E-state index contributed by atoms with van der Waals surface area (Å²) >= 11 is 0. The molecule has 0 aliphatic heterocycles. The first-order valence-electron chi connectivity index (χ1n) is 16.4. The molecule has 0 spiro atoms. The molecule has 3 unspecified atom stereocenters. The van der Waals surface area contributed by atoms with Crippen LogP contribution in [0.5, 0.6) is 0 Å². The third kappa shape index (κ3) is 8.47. The van der Waals surface area contributed by atoms with Crippen molar-refractivity contribution in [1.82, 2.24) is 0 Å². The van der Waals surface area contributed by atoms with E-state index in [0.717, 1.165) is 44.9 Å². The van der Waals surface area contributed by atoms with Crippen molar-refractivity contribution < 1.29 is 57.2 Å². The number of rotatable bonds is 12. The van der Waals surface area contributed by atoms with Crippen LogP contribution in [0, 0.1) is 34.5 Å². The lowest BCUT2D eigenvalue weighted by Crippen LogP contribution is -2.51. The van der Waals surface area contributed by atoms with Crippen LogP contribution in [0.4, 0.5) is 4.79 Å². The van der Waals surface area contributed by atoms with Crippen molar-refractivity contribution in [1.29, 1.82) is 0 Å². The molecule has 4 aliphatic rings. The summed E-state index contributed by atoms with van der Waals surface area (Å²) in [5.74, 6) is -1.21. The maximum Gasteiger partial charge on any atom is 0.511 e. The minimum Gasteiger partial charge on any atom is -0.462 e. The normalized spacial score (nSPS) is 30.5. The van der Waals surface area contributed by atoms with Gasteiger partial charge in [-0.3, -0.25) is 24.0 Å². The van der Waals surface area contributed by atoms with Gasteiger partial charge in [-0.1, -0.05) is 26.3 Å². The average Bonchev–Trinajstić information content (AvgIpc) is 3.30. The Kier molecular flexibility index (Phi) is 11.5. The van der Waals surface area contributed by atoms with Crippen LogP contribution in [0.15, 0.2) is 11.6 Å². The van der Waals surface area contributed by atoms with E-state index in [-0.39, 0.29) is 48.8 Å². The predicted molar refractivity (Wildman–Crippen MR) is 161 cm³/mol. The predicted octanol–water partition coefficient (Wildman–Crippen LogP) is 5.00. The molecule has 0 radical (unpaired) electrons. The molecule has 46 heavy (non-hydrogen) atoms. The first-order valence-corrected chi connectivity index (χ1v) is 16.4. The molecule has 0 aromatic carbocycles. The maximum absolute atomic E-state index is 12.6. The molecule has 4 aliphatic carbocycles. The summed E-state index contributed by atoms with van der Waals surface area (Å²) < 4.78 is 30.9. The van der Waals surface area contributed by atoms with Gasteiger partial charge >= 0.3 is 30.0 Å². The molecule has 0 amide bonds. The zero-order chi connectivity index (χ0) is 33.6. The van der Waals surface area contributed by atoms with Crippen LogP contribution in [0.1, 0.15) is 98.8 Å². The summed E-state index contributed by atoms with van der Waals surface area (Å²) in [7, 11) is 0. The van der Waals surface area contributed by atoms with Crippen LogP contribution >= 0.6 is 0 Å². The SMILES string of the molecule is CC(=O)OCC(COC(C)=O)OC(=O)CC(C)CC(=O)OCOC(=O)O[C@H]1CC[C@H]2C3CCC4=CC(=O)CCC4(C)[C@H]3CC[C@]12C. The van der Waals surface area contributed by atoms with Crippen molar-refractivity contribution in [3.8, 4) is 0 Å². The smallest absolute Gasteiger partial charge is 0.462 e. The van der Waals surface area contributed by atoms with Gasteiger partial charge in [0.05, 0.1) is 0 Å². The van der Waals surface area contributed by atoms with Crippen LogP contribution in [-0.4, -0.2) is 68.0 Å². The van der Waals surface area contributed by atoms with Crippen LogP contribution in [0.25, 0.3) is 0 Å². The Hall–Kier alpha value is -3.44. The van der Waals surface area contributed by atoms with Crippen LogP contribution < -0.4 is 0 Å². The van der Waals surface area contributed by atoms with Gasteiger partial charge in [-0.15, -0.1) is 0 Å². The summed E-state index contributed by atoms with van der Waals surface area (Å²) in [5.41, 5.74) is 1.25. The second-order valence-electron chi connectivity index (χ2n) is 14.0. The van der Waals surface area contributed by atoms with Crippen molar-refractivity contribution in [3.05, 3.63) is 11.6 Å². The van der Waals surface area contributed by atoms with E-state index >= 15 is 0 Å². The third-order valence-electron chi connectivity index (χ3n) is 10.8. The molecule has 3 fully saturated rings. The van der Waals surface area contributed by atoms with Crippen LogP contribution in [0.3, 0.4) is 0 Å². The monoisotopic (exact) mass is 648 g/mol. The van der Waals surface area contributed by atoms with Gasteiger partial charge in [-0.05, 0) is 80.1 Å². The zero-order valence-corrected chi connectivity index (χ0v) is 27.6. The molecular weight excluding hydrogens is 600 g/mol. The molecular formula is C34H48O12. The van der Waals surface area contributed by atoms with Gasteiger partial charge in [-0.25, -0.2) is 4.79 Å². The van der Waals surface area contributed by atoms with Gasteiger partial charge in [0.2, 0.25) is 6.79 Å². The van der Waals surface area contributed by atoms with E-state index < -0.39 is 48.8 Å². The number of carbonyl (C=O) groups excluding carboxylic acids is 6. The Labute approximate surface area is 270 Å². The van der Waals surface area contributed by atoms with E-state index in [4.69, 9.17) is 28.4 Å². The van der Waals surface area contributed by atoms with Crippen molar-refractivity contribution in [2.45, 2.75) is 111 Å². The van der Waals surface area contributed by atoms with Gasteiger partial charge < -0.3 is 28.4 Å². The quantitative estimate of drug-likeness (QED) is 0.159. The Morgan fingerprint density at radius 2 is 1.50 bits per heavy atom. The number of esters is 4. The van der Waals surface area contributed by atoms with Crippen molar-refractivity contribution in [3.63, 3.8) is 0 Å². The Balaban J connectivity index is 1.18. The number of hydrogen-bond acceptors (Lipinski definition) is 12. The molecule has 0 aromatic heterocycles. The van der Waals surface area contributed by atoms with E-state index in [0.29, 0.717) is 24.2 Å². The molecule has 0 saturated heterocycles. The standard InChI is InChI=1S/C34H48O12/c1-20(15-31(39)45-25(17-41-21(2)35)18-42-22(3)36)14-30(38)43-19-44-32(40)46-29-9-8-27-26-7-6-23-16-24(37)10-12-33(23,4)28(26)11-13-34(27,29)5/h16,20,25-29H,6-15,17-19H2,1-5H3/t20?,26?,27-,28-,29-,33?,34-/m0/s1. The molecule has 3 saturated carbocycles. The van der Waals surface area contributed by atoms with E-state index in [2.05, 4.69) is 13.8 Å². The van der Waals surface area contributed by atoms with E-state index in [1.165, 1.54) is 19.4 Å². The lowest BCUT2D eigenvalue weighted by molar-refractivity contribution is -0.166. The summed E-state index contributed by atoms with van der Waals surface area (Å²) in [5, 5.41) is 0. The first kappa shape index (κ1) is 35.4. The molecule has 12 heteroatoms. The van der Waals surface area contributed by atoms with Crippen molar-refractivity contribution in [2.24, 2.45) is 34.5 Å². The fourth-order valence-electron chi connectivity index (χ4n) is 8.47. The molecule has 256 valence electrons. The van der Waals surface area contributed by atoms with E-state index in [1.807, 2.05) is 6.08 Å². The van der Waals surface area contributed by atoms with Crippen LogP contribution in [0.2, 0.25) is 0 Å². The van der Waals surface area contributed by atoms with Gasteiger partial charge in [0.25, 0.3) is 0 Å². The molecule has 0 heterocycles. The minimum atomic E-state index is -0.980. The topological polar surface area (TPSA) is 158 Å². The van der Waals surface area contributed by atoms with E-state index in [1.54, 1.807) is 6.92 Å². The lowest BCUT2D eigenvalue weighted by atomic mass is 9.47. The number of carbonyl (C=O) groups is 6.